The van der Waals surface area contributed by atoms with Crippen molar-refractivity contribution in [1.82, 2.24) is 0 Å². The average molecular weight is 344 g/mol. The van der Waals surface area contributed by atoms with Gasteiger partial charge in [0.25, 0.3) is 0 Å². The number of thioether (sulfide) groups is 1. The summed E-state index contributed by atoms with van der Waals surface area (Å²) in [4.78, 5) is -0.414. The van der Waals surface area contributed by atoms with Crippen LogP contribution in [0.1, 0.15) is 5.56 Å². The van der Waals surface area contributed by atoms with Crippen molar-refractivity contribution < 1.29 is 21.6 Å². The highest BCUT2D eigenvalue weighted by atomic mass is 32.2. The highest BCUT2D eigenvalue weighted by molar-refractivity contribution is 8.10. The van der Waals surface area contributed by atoms with Crippen LogP contribution in [0, 0.1) is 0 Å². The van der Waals surface area contributed by atoms with Crippen LogP contribution in [0.3, 0.4) is 0 Å². The number of hydrogen-bond donors (Lipinski definition) is 0. The van der Waals surface area contributed by atoms with Gasteiger partial charge in [-0.3, -0.25) is 0 Å². The van der Waals surface area contributed by atoms with Gasteiger partial charge in [-0.15, -0.1) is 0 Å². The van der Waals surface area contributed by atoms with E-state index in [2.05, 4.69) is 0 Å². The Labute approximate surface area is 130 Å². The van der Waals surface area contributed by atoms with E-state index < -0.39 is 27.1 Å². The summed E-state index contributed by atoms with van der Waals surface area (Å²) in [6.07, 6.45) is 0. The van der Waals surface area contributed by atoms with Gasteiger partial charge in [-0.05, 0) is 29.5 Å². The molecule has 0 aliphatic carbocycles. The molecule has 22 heavy (non-hydrogen) atoms. The zero-order valence-electron chi connectivity index (χ0n) is 11.1. The van der Waals surface area contributed by atoms with Gasteiger partial charge in [0, 0.05) is 10.3 Å². The number of alkyl halides is 3. The number of sulfone groups is 1. The van der Waals surface area contributed by atoms with Crippen molar-refractivity contribution in [3.8, 4) is 0 Å². The molecule has 0 aromatic heterocycles. The third kappa shape index (κ3) is 4.64. The minimum absolute atomic E-state index is 0.0498. The summed E-state index contributed by atoms with van der Waals surface area (Å²) in [5.41, 5.74) is -4.38. The number of hydrogen-bond acceptors (Lipinski definition) is 3. The maximum absolute atomic E-state index is 12.7. The summed E-state index contributed by atoms with van der Waals surface area (Å²) < 4.78 is 62.6. The van der Waals surface area contributed by atoms with E-state index in [1.54, 1.807) is 24.3 Å². The molecule has 0 saturated carbocycles. The molecule has 0 aliphatic rings. The van der Waals surface area contributed by atoms with Gasteiger partial charge in [0.2, 0.25) is 9.84 Å². The SMILES string of the molecule is O=S(=O)(/C=C(/SC(F)(F)F)c1ccccc1)c1ccccc1. The molecule has 0 aliphatic heterocycles. The maximum Gasteiger partial charge on any atom is 0.446 e. The molecular weight excluding hydrogens is 333 g/mol. The molecule has 0 saturated heterocycles. The quantitative estimate of drug-likeness (QED) is 0.805. The van der Waals surface area contributed by atoms with Crippen molar-refractivity contribution in [2.75, 3.05) is 0 Å². The minimum Gasteiger partial charge on any atom is -0.219 e. The van der Waals surface area contributed by atoms with Crippen LogP contribution in [0.5, 0.6) is 0 Å². The van der Waals surface area contributed by atoms with Gasteiger partial charge in [-0.2, -0.15) is 13.2 Å². The first-order chi connectivity index (χ1) is 10.3. The van der Waals surface area contributed by atoms with Gasteiger partial charge in [-0.25, -0.2) is 8.42 Å². The summed E-state index contributed by atoms with van der Waals surface area (Å²) in [6, 6.07) is 15.0. The molecular formula is C15H11F3O2S2. The lowest BCUT2D eigenvalue weighted by atomic mass is 10.2. The smallest absolute Gasteiger partial charge is 0.219 e. The Kier molecular flexibility index (Phi) is 4.97. The molecule has 2 nitrogen and oxygen atoms in total. The summed E-state index contributed by atoms with van der Waals surface area (Å²) in [5.74, 6) is 0. The molecule has 0 atom stereocenters. The molecule has 0 fully saturated rings. The second-order valence-corrected chi connectivity index (χ2v) is 7.16. The minimum atomic E-state index is -4.58. The zero-order valence-corrected chi connectivity index (χ0v) is 12.8. The fraction of sp³-hybridized carbons (Fsp3) is 0.0667. The molecule has 0 unspecified atom stereocenters. The Morgan fingerprint density at radius 3 is 1.91 bits per heavy atom. The average Bonchev–Trinajstić information content (AvgIpc) is 2.47. The van der Waals surface area contributed by atoms with Gasteiger partial charge in [0.05, 0.1) is 4.90 Å². The van der Waals surface area contributed by atoms with Gasteiger partial charge in [0.1, 0.15) is 0 Å². The standard InChI is InChI=1S/C15H11F3O2S2/c16-15(17,18)21-14(12-7-3-1-4-8-12)11-22(19,20)13-9-5-2-6-10-13/h1-11H/b14-11+. The van der Waals surface area contributed by atoms with E-state index >= 15 is 0 Å². The van der Waals surface area contributed by atoms with Crippen molar-refractivity contribution in [2.45, 2.75) is 10.4 Å². The largest absolute Gasteiger partial charge is 0.446 e. The molecule has 0 spiro atoms. The Morgan fingerprint density at radius 2 is 1.41 bits per heavy atom. The molecule has 116 valence electrons. The lowest BCUT2D eigenvalue weighted by Gasteiger charge is -2.10. The summed E-state index contributed by atoms with van der Waals surface area (Å²) in [7, 11) is -3.96. The van der Waals surface area contributed by atoms with Gasteiger partial charge >= 0.3 is 5.51 Å². The normalized spacial score (nSPS) is 13.1. The van der Waals surface area contributed by atoms with Crippen LogP contribution in [-0.2, 0) is 9.84 Å². The molecule has 0 amide bonds. The maximum atomic E-state index is 12.7. The fourth-order valence-electron chi connectivity index (χ4n) is 1.70. The number of benzene rings is 2. The predicted octanol–water partition coefficient (Wildman–Crippen LogP) is 4.71. The van der Waals surface area contributed by atoms with Crippen molar-refractivity contribution >= 4 is 26.5 Å². The molecule has 2 aromatic rings. The van der Waals surface area contributed by atoms with E-state index in [-0.39, 0.29) is 15.4 Å². The number of rotatable bonds is 4. The Morgan fingerprint density at radius 1 is 0.909 bits per heavy atom. The second-order valence-electron chi connectivity index (χ2n) is 4.25. The van der Waals surface area contributed by atoms with Crippen LogP contribution < -0.4 is 0 Å². The van der Waals surface area contributed by atoms with E-state index in [0.29, 0.717) is 5.41 Å². The van der Waals surface area contributed by atoms with Crippen molar-refractivity contribution in [3.05, 3.63) is 71.6 Å². The number of halogens is 3. The van der Waals surface area contributed by atoms with Gasteiger partial charge in [-0.1, -0.05) is 48.5 Å². The molecule has 2 aromatic carbocycles. The molecule has 0 N–H and O–H groups in total. The Bertz CT molecular complexity index is 752. The first-order valence-electron chi connectivity index (χ1n) is 6.11. The summed E-state index contributed by atoms with van der Waals surface area (Å²) in [6.45, 7) is 0. The van der Waals surface area contributed by atoms with Crippen molar-refractivity contribution in [3.63, 3.8) is 0 Å². The van der Waals surface area contributed by atoms with Crippen LogP contribution in [-0.4, -0.2) is 13.9 Å². The van der Waals surface area contributed by atoms with E-state index in [9.17, 15) is 21.6 Å². The third-order valence-corrected chi connectivity index (χ3v) is 5.05. The lowest BCUT2D eigenvalue weighted by molar-refractivity contribution is -0.0317. The van der Waals surface area contributed by atoms with Crippen LogP contribution in [0.15, 0.2) is 71.0 Å². The van der Waals surface area contributed by atoms with Crippen LogP contribution in [0.2, 0.25) is 0 Å². The fourth-order valence-corrected chi connectivity index (χ4v) is 3.86. The molecule has 0 radical (unpaired) electrons. The predicted molar refractivity (Wildman–Crippen MR) is 81.7 cm³/mol. The van der Waals surface area contributed by atoms with Gasteiger partial charge in [0.15, 0.2) is 0 Å². The lowest BCUT2D eigenvalue weighted by Crippen LogP contribution is -2.03. The van der Waals surface area contributed by atoms with E-state index in [1.165, 1.54) is 36.4 Å². The molecule has 0 bridgehead atoms. The van der Waals surface area contributed by atoms with E-state index in [4.69, 9.17) is 0 Å². The van der Waals surface area contributed by atoms with E-state index in [1.807, 2.05) is 0 Å². The first-order valence-corrected chi connectivity index (χ1v) is 8.47. The molecule has 7 heteroatoms. The van der Waals surface area contributed by atoms with Crippen LogP contribution in [0.25, 0.3) is 4.91 Å². The molecule has 2 rings (SSSR count). The summed E-state index contributed by atoms with van der Waals surface area (Å²) in [5, 5.41) is 0.663. The van der Waals surface area contributed by atoms with Crippen molar-refractivity contribution in [2.24, 2.45) is 0 Å². The van der Waals surface area contributed by atoms with E-state index in [0.717, 1.165) is 0 Å². The highest BCUT2D eigenvalue weighted by Gasteiger charge is 2.32. The molecule has 0 heterocycles. The van der Waals surface area contributed by atoms with Crippen LogP contribution in [0.4, 0.5) is 13.2 Å². The topological polar surface area (TPSA) is 34.1 Å². The monoisotopic (exact) mass is 344 g/mol. The van der Waals surface area contributed by atoms with Crippen molar-refractivity contribution in [1.29, 1.82) is 0 Å². The highest BCUT2D eigenvalue weighted by Crippen LogP contribution is 2.42. The van der Waals surface area contributed by atoms with Crippen LogP contribution >= 0.6 is 11.8 Å². The van der Waals surface area contributed by atoms with Gasteiger partial charge < -0.3 is 0 Å². The Balaban J connectivity index is 2.49. The second kappa shape index (κ2) is 6.58. The third-order valence-electron chi connectivity index (χ3n) is 2.62. The zero-order chi connectivity index (χ0) is 16.2. The first kappa shape index (κ1) is 16.6. The summed E-state index contributed by atoms with van der Waals surface area (Å²) >= 11 is -0.442. The Hall–Kier alpha value is -1.73.